The van der Waals surface area contributed by atoms with Gasteiger partial charge in [-0.15, -0.1) is 0 Å². The zero-order valence-electron chi connectivity index (χ0n) is 11.8. The molecule has 1 N–H and O–H groups in total. The van der Waals surface area contributed by atoms with Gasteiger partial charge in [0.1, 0.15) is 0 Å². The van der Waals surface area contributed by atoms with Crippen LogP contribution < -0.4 is 5.32 Å². The van der Waals surface area contributed by atoms with Gasteiger partial charge in [0.2, 0.25) is 0 Å². The SMILES string of the molecule is CC(CCNc1nc2ccc(Cl)cc2s1)c1ccccc1. The van der Waals surface area contributed by atoms with Crippen LogP contribution in [0.1, 0.15) is 24.8 Å². The summed E-state index contributed by atoms with van der Waals surface area (Å²) in [6.45, 7) is 3.18. The number of hydrogen-bond acceptors (Lipinski definition) is 3. The van der Waals surface area contributed by atoms with Gasteiger partial charge < -0.3 is 5.32 Å². The third-order valence-corrected chi connectivity index (χ3v) is 4.78. The Kier molecular flexibility index (Phi) is 4.42. The minimum absolute atomic E-state index is 0.544. The number of hydrogen-bond donors (Lipinski definition) is 1. The largest absolute Gasteiger partial charge is 0.361 e. The van der Waals surface area contributed by atoms with Gasteiger partial charge in [0.25, 0.3) is 0 Å². The lowest BCUT2D eigenvalue weighted by Gasteiger charge is -2.11. The Bertz CT molecular complexity index is 724. The van der Waals surface area contributed by atoms with Crippen molar-refractivity contribution in [3.63, 3.8) is 0 Å². The molecule has 0 aliphatic carbocycles. The molecular weight excluding hydrogens is 300 g/mol. The summed E-state index contributed by atoms with van der Waals surface area (Å²) in [4.78, 5) is 4.57. The molecular formula is C17H17ClN2S. The van der Waals surface area contributed by atoms with Gasteiger partial charge in [-0.1, -0.05) is 60.2 Å². The number of aromatic nitrogens is 1. The summed E-state index contributed by atoms with van der Waals surface area (Å²) in [5.41, 5.74) is 2.39. The molecule has 0 saturated carbocycles. The maximum absolute atomic E-state index is 6.00. The van der Waals surface area contributed by atoms with Crippen LogP contribution in [0.4, 0.5) is 5.13 Å². The number of halogens is 1. The lowest BCUT2D eigenvalue weighted by atomic mass is 9.98. The first-order valence-corrected chi connectivity index (χ1v) is 8.27. The predicted molar refractivity (Wildman–Crippen MR) is 92.6 cm³/mol. The van der Waals surface area contributed by atoms with Crippen LogP contribution in [0.25, 0.3) is 10.2 Å². The van der Waals surface area contributed by atoms with E-state index < -0.39 is 0 Å². The van der Waals surface area contributed by atoms with Crippen LogP contribution >= 0.6 is 22.9 Å². The number of rotatable bonds is 5. The quantitative estimate of drug-likeness (QED) is 0.667. The number of nitrogens with zero attached hydrogens (tertiary/aromatic N) is 1. The van der Waals surface area contributed by atoms with E-state index in [4.69, 9.17) is 11.6 Å². The van der Waals surface area contributed by atoms with E-state index in [0.29, 0.717) is 5.92 Å². The maximum atomic E-state index is 6.00. The molecule has 0 amide bonds. The first-order valence-electron chi connectivity index (χ1n) is 7.07. The van der Waals surface area contributed by atoms with E-state index in [1.165, 1.54) is 5.56 Å². The van der Waals surface area contributed by atoms with Crippen LogP contribution in [-0.4, -0.2) is 11.5 Å². The highest BCUT2D eigenvalue weighted by molar-refractivity contribution is 7.22. The number of nitrogens with one attached hydrogen (secondary N) is 1. The smallest absolute Gasteiger partial charge is 0.183 e. The zero-order chi connectivity index (χ0) is 14.7. The highest BCUT2D eigenvalue weighted by Gasteiger charge is 2.07. The van der Waals surface area contributed by atoms with Gasteiger partial charge in [0, 0.05) is 11.6 Å². The highest BCUT2D eigenvalue weighted by Crippen LogP contribution is 2.28. The van der Waals surface area contributed by atoms with Crippen LogP contribution in [0.15, 0.2) is 48.5 Å². The predicted octanol–water partition coefficient (Wildman–Crippen LogP) is 5.56. The Morgan fingerprint density at radius 3 is 2.81 bits per heavy atom. The summed E-state index contributed by atoms with van der Waals surface area (Å²) in [5, 5.41) is 5.14. The van der Waals surface area contributed by atoms with Crippen molar-refractivity contribution in [2.24, 2.45) is 0 Å². The summed E-state index contributed by atoms with van der Waals surface area (Å²) >= 11 is 7.65. The molecule has 1 heterocycles. The minimum atomic E-state index is 0.544. The third kappa shape index (κ3) is 3.55. The maximum Gasteiger partial charge on any atom is 0.183 e. The Balaban J connectivity index is 1.59. The van der Waals surface area contributed by atoms with Gasteiger partial charge >= 0.3 is 0 Å². The van der Waals surface area contributed by atoms with Crippen molar-refractivity contribution in [3.8, 4) is 0 Å². The van der Waals surface area contributed by atoms with Gasteiger partial charge in [0.15, 0.2) is 5.13 Å². The van der Waals surface area contributed by atoms with Gasteiger partial charge in [-0.05, 0) is 36.1 Å². The van der Waals surface area contributed by atoms with Gasteiger partial charge in [-0.3, -0.25) is 0 Å². The van der Waals surface area contributed by atoms with Crippen LogP contribution in [0.3, 0.4) is 0 Å². The molecule has 2 aromatic carbocycles. The second-order valence-corrected chi connectivity index (χ2v) is 6.63. The van der Waals surface area contributed by atoms with Crippen LogP contribution in [0.5, 0.6) is 0 Å². The highest BCUT2D eigenvalue weighted by atomic mass is 35.5. The molecule has 1 aromatic heterocycles. The van der Waals surface area contributed by atoms with Crippen molar-refractivity contribution >= 4 is 38.3 Å². The molecule has 0 saturated heterocycles. The van der Waals surface area contributed by atoms with Crippen molar-refractivity contribution in [1.82, 2.24) is 4.98 Å². The van der Waals surface area contributed by atoms with Gasteiger partial charge in [-0.2, -0.15) is 0 Å². The Morgan fingerprint density at radius 1 is 1.19 bits per heavy atom. The van der Waals surface area contributed by atoms with E-state index in [0.717, 1.165) is 33.3 Å². The van der Waals surface area contributed by atoms with Crippen LogP contribution in [-0.2, 0) is 0 Å². The minimum Gasteiger partial charge on any atom is -0.361 e. The van der Waals surface area contributed by atoms with Crippen molar-refractivity contribution in [3.05, 3.63) is 59.1 Å². The van der Waals surface area contributed by atoms with Gasteiger partial charge in [-0.25, -0.2) is 4.98 Å². The summed E-state index contributed by atoms with van der Waals surface area (Å²) in [6, 6.07) is 16.4. The standard InChI is InChI=1S/C17H17ClN2S/c1-12(13-5-3-2-4-6-13)9-10-19-17-20-15-8-7-14(18)11-16(15)21-17/h2-8,11-12H,9-10H2,1H3,(H,19,20). The molecule has 0 fully saturated rings. The van der Waals surface area contributed by atoms with Crippen molar-refractivity contribution in [2.75, 3.05) is 11.9 Å². The molecule has 3 aromatic rings. The normalized spacial score (nSPS) is 12.5. The van der Waals surface area contributed by atoms with Gasteiger partial charge in [0.05, 0.1) is 10.2 Å². The molecule has 0 bridgehead atoms. The van der Waals surface area contributed by atoms with E-state index in [1.807, 2.05) is 18.2 Å². The molecule has 0 spiro atoms. The number of fused-ring (bicyclic) bond motifs is 1. The fourth-order valence-electron chi connectivity index (χ4n) is 2.32. The lowest BCUT2D eigenvalue weighted by Crippen LogP contribution is -2.05. The molecule has 1 atom stereocenters. The third-order valence-electron chi connectivity index (χ3n) is 3.57. The summed E-state index contributed by atoms with van der Waals surface area (Å²) in [6.07, 6.45) is 1.08. The topological polar surface area (TPSA) is 24.9 Å². The summed E-state index contributed by atoms with van der Waals surface area (Å²) in [5.74, 6) is 0.544. The first-order chi connectivity index (χ1) is 10.2. The molecule has 21 heavy (non-hydrogen) atoms. The second kappa shape index (κ2) is 6.46. The Morgan fingerprint density at radius 2 is 2.00 bits per heavy atom. The second-order valence-electron chi connectivity index (χ2n) is 5.16. The Hall–Kier alpha value is -1.58. The molecule has 0 aliphatic heterocycles. The molecule has 108 valence electrons. The number of anilines is 1. The van der Waals surface area contributed by atoms with E-state index in [1.54, 1.807) is 11.3 Å². The summed E-state index contributed by atoms with van der Waals surface area (Å²) in [7, 11) is 0. The lowest BCUT2D eigenvalue weighted by molar-refractivity contribution is 0.706. The van der Waals surface area contributed by atoms with Crippen LogP contribution in [0, 0.1) is 0 Å². The van der Waals surface area contributed by atoms with E-state index >= 15 is 0 Å². The van der Waals surface area contributed by atoms with E-state index in [9.17, 15) is 0 Å². The Labute approximate surface area is 133 Å². The molecule has 0 aliphatic rings. The monoisotopic (exact) mass is 316 g/mol. The van der Waals surface area contributed by atoms with Crippen molar-refractivity contribution in [1.29, 1.82) is 0 Å². The molecule has 1 unspecified atom stereocenters. The molecule has 3 rings (SSSR count). The number of thiazole rings is 1. The zero-order valence-corrected chi connectivity index (χ0v) is 13.4. The average Bonchev–Trinajstić information content (AvgIpc) is 2.89. The van der Waals surface area contributed by atoms with E-state index in [-0.39, 0.29) is 0 Å². The molecule has 2 nitrogen and oxygen atoms in total. The molecule has 4 heteroatoms. The van der Waals surface area contributed by atoms with E-state index in [2.05, 4.69) is 47.6 Å². The first kappa shape index (κ1) is 14.4. The molecule has 0 radical (unpaired) electrons. The average molecular weight is 317 g/mol. The summed E-state index contributed by atoms with van der Waals surface area (Å²) < 4.78 is 1.13. The fourth-order valence-corrected chi connectivity index (χ4v) is 3.49. The number of benzene rings is 2. The van der Waals surface area contributed by atoms with Crippen molar-refractivity contribution in [2.45, 2.75) is 19.3 Å². The van der Waals surface area contributed by atoms with Crippen LogP contribution in [0.2, 0.25) is 5.02 Å². The fraction of sp³-hybridized carbons (Fsp3) is 0.235. The van der Waals surface area contributed by atoms with Crippen molar-refractivity contribution < 1.29 is 0 Å².